The maximum Gasteiger partial charge on any atom is 0.185 e. The molecule has 1 saturated carbocycles. The fourth-order valence-electron chi connectivity index (χ4n) is 2.64. The number of hydrogen-bond acceptors (Lipinski definition) is 5. The SMILES string of the molecule is CC(C)(C)c1nc(N2CCCSCC2)sc1CNC1CC1. The van der Waals surface area contributed by atoms with Crippen molar-refractivity contribution in [3.63, 3.8) is 0 Å². The molecule has 0 aromatic carbocycles. The Morgan fingerprint density at radius 3 is 2.76 bits per heavy atom. The van der Waals surface area contributed by atoms with Gasteiger partial charge in [0.05, 0.1) is 5.69 Å². The molecule has 1 aliphatic carbocycles. The first kappa shape index (κ1) is 15.6. The highest BCUT2D eigenvalue weighted by Gasteiger charge is 2.27. The summed E-state index contributed by atoms with van der Waals surface area (Å²) in [4.78, 5) is 8.99. The second-order valence-electron chi connectivity index (χ2n) is 7.13. The van der Waals surface area contributed by atoms with Crippen molar-refractivity contribution < 1.29 is 0 Å². The molecule has 5 heteroatoms. The first-order valence-electron chi connectivity index (χ1n) is 8.10. The first-order valence-corrected chi connectivity index (χ1v) is 10.1. The predicted molar refractivity (Wildman–Crippen MR) is 94.8 cm³/mol. The molecule has 3 rings (SSSR count). The minimum Gasteiger partial charge on any atom is -0.347 e. The normalized spacial score (nSPS) is 20.6. The predicted octanol–water partition coefficient (Wildman–Crippen LogP) is 3.64. The van der Waals surface area contributed by atoms with Crippen LogP contribution in [-0.4, -0.2) is 35.6 Å². The molecular formula is C16H27N3S2. The topological polar surface area (TPSA) is 28.2 Å². The molecule has 2 aliphatic rings. The standard InChI is InChI=1S/C16H27N3S2/c1-16(2,3)14-13(11-17-12-5-6-12)21-15(18-14)19-7-4-9-20-10-8-19/h12,17H,4-11H2,1-3H3. The second kappa shape index (κ2) is 6.47. The number of nitrogens with one attached hydrogen (secondary N) is 1. The van der Waals surface area contributed by atoms with Crippen LogP contribution in [0.2, 0.25) is 0 Å². The van der Waals surface area contributed by atoms with Crippen LogP contribution < -0.4 is 10.2 Å². The van der Waals surface area contributed by atoms with E-state index in [1.54, 1.807) is 0 Å². The van der Waals surface area contributed by atoms with Crippen LogP contribution in [0, 0.1) is 0 Å². The van der Waals surface area contributed by atoms with Crippen molar-refractivity contribution in [2.24, 2.45) is 0 Å². The number of hydrogen-bond donors (Lipinski definition) is 1. The maximum atomic E-state index is 5.04. The molecule has 21 heavy (non-hydrogen) atoms. The quantitative estimate of drug-likeness (QED) is 0.915. The molecule has 1 N–H and O–H groups in total. The zero-order valence-corrected chi connectivity index (χ0v) is 15.1. The minimum atomic E-state index is 0.135. The number of aromatic nitrogens is 1. The average molecular weight is 326 g/mol. The molecule has 0 atom stereocenters. The van der Waals surface area contributed by atoms with Crippen LogP contribution in [0.3, 0.4) is 0 Å². The van der Waals surface area contributed by atoms with Gasteiger partial charge >= 0.3 is 0 Å². The zero-order chi connectivity index (χ0) is 14.9. The van der Waals surface area contributed by atoms with E-state index in [-0.39, 0.29) is 5.41 Å². The maximum absolute atomic E-state index is 5.04. The van der Waals surface area contributed by atoms with Crippen LogP contribution in [-0.2, 0) is 12.0 Å². The molecule has 0 spiro atoms. The van der Waals surface area contributed by atoms with Crippen molar-refractivity contribution in [3.05, 3.63) is 10.6 Å². The summed E-state index contributed by atoms with van der Waals surface area (Å²) in [6, 6.07) is 0.762. The summed E-state index contributed by atoms with van der Waals surface area (Å²) in [5.41, 5.74) is 1.43. The summed E-state index contributed by atoms with van der Waals surface area (Å²) in [6.45, 7) is 10.2. The molecule has 0 amide bonds. The van der Waals surface area contributed by atoms with Crippen molar-refractivity contribution in [1.29, 1.82) is 0 Å². The van der Waals surface area contributed by atoms with E-state index in [0.29, 0.717) is 0 Å². The van der Waals surface area contributed by atoms with Gasteiger partial charge in [0.25, 0.3) is 0 Å². The molecule has 1 aromatic heterocycles. The van der Waals surface area contributed by atoms with Gasteiger partial charge in [-0.3, -0.25) is 0 Å². The van der Waals surface area contributed by atoms with Gasteiger partial charge in [-0.2, -0.15) is 11.8 Å². The van der Waals surface area contributed by atoms with Crippen LogP contribution in [0.1, 0.15) is 50.6 Å². The monoisotopic (exact) mass is 325 g/mol. The molecule has 0 bridgehead atoms. The molecule has 1 saturated heterocycles. The lowest BCUT2D eigenvalue weighted by molar-refractivity contribution is 0.558. The summed E-state index contributed by atoms with van der Waals surface area (Å²) in [7, 11) is 0. The molecule has 1 aliphatic heterocycles. The average Bonchev–Trinajstić information content (AvgIpc) is 3.20. The van der Waals surface area contributed by atoms with Crippen molar-refractivity contribution in [2.45, 2.75) is 58.0 Å². The highest BCUT2D eigenvalue weighted by Crippen LogP contribution is 2.35. The van der Waals surface area contributed by atoms with Crippen LogP contribution in [0.25, 0.3) is 0 Å². The third-order valence-electron chi connectivity index (χ3n) is 4.02. The Balaban J connectivity index is 1.79. The largest absolute Gasteiger partial charge is 0.347 e. The number of rotatable bonds is 4. The van der Waals surface area contributed by atoms with Gasteiger partial charge in [0.2, 0.25) is 0 Å². The van der Waals surface area contributed by atoms with Crippen molar-refractivity contribution in [1.82, 2.24) is 10.3 Å². The van der Waals surface area contributed by atoms with E-state index in [9.17, 15) is 0 Å². The van der Waals surface area contributed by atoms with E-state index >= 15 is 0 Å². The van der Waals surface area contributed by atoms with Crippen LogP contribution in [0.15, 0.2) is 0 Å². The van der Waals surface area contributed by atoms with Gasteiger partial charge in [-0.05, 0) is 25.0 Å². The number of thioether (sulfide) groups is 1. The van der Waals surface area contributed by atoms with E-state index in [1.165, 1.54) is 53.0 Å². The number of anilines is 1. The van der Waals surface area contributed by atoms with E-state index < -0.39 is 0 Å². The third kappa shape index (κ3) is 4.14. The van der Waals surface area contributed by atoms with Gasteiger partial charge in [0, 0.05) is 41.7 Å². The lowest BCUT2D eigenvalue weighted by atomic mass is 9.91. The molecule has 118 valence electrons. The Hall–Kier alpha value is -0.260. The fourth-order valence-corrected chi connectivity index (χ4v) is 4.80. The van der Waals surface area contributed by atoms with E-state index in [2.05, 4.69) is 42.7 Å². The zero-order valence-electron chi connectivity index (χ0n) is 13.4. The minimum absolute atomic E-state index is 0.135. The van der Waals surface area contributed by atoms with Crippen LogP contribution in [0.4, 0.5) is 5.13 Å². The Morgan fingerprint density at radius 1 is 1.24 bits per heavy atom. The van der Waals surface area contributed by atoms with Gasteiger partial charge in [-0.25, -0.2) is 4.98 Å². The number of nitrogens with zero attached hydrogens (tertiary/aromatic N) is 2. The van der Waals surface area contributed by atoms with E-state index in [4.69, 9.17) is 4.98 Å². The summed E-state index contributed by atoms with van der Waals surface area (Å²) >= 11 is 3.99. The Bertz CT molecular complexity index is 466. The Kier molecular flexibility index (Phi) is 4.81. The lowest BCUT2D eigenvalue weighted by Gasteiger charge is -2.19. The van der Waals surface area contributed by atoms with Crippen LogP contribution in [0.5, 0.6) is 0 Å². The molecule has 3 nitrogen and oxygen atoms in total. The first-order chi connectivity index (χ1) is 10.0. The highest BCUT2D eigenvalue weighted by molar-refractivity contribution is 7.99. The third-order valence-corrected chi connectivity index (χ3v) is 6.18. The molecule has 2 heterocycles. The highest BCUT2D eigenvalue weighted by atomic mass is 32.2. The second-order valence-corrected chi connectivity index (χ2v) is 9.41. The van der Waals surface area contributed by atoms with Gasteiger partial charge in [0.1, 0.15) is 0 Å². The Morgan fingerprint density at radius 2 is 2.05 bits per heavy atom. The van der Waals surface area contributed by atoms with Gasteiger partial charge < -0.3 is 10.2 Å². The van der Waals surface area contributed by atoms with Gasteiger partial charge in [0.15, 0.2) is 5.13 Å². The van der Waals surface area contributed by atoms with Crippen molar-refractivity contribution in [3.8, 4) is 0 Å². The summed E-state index contributed by atoms with van der Waals surface area (Å²) in [5, 5.41) is 4.91. The smallest absolute Gasteiger partial charge is 0.185 e. The van der Waals surface area contributed by atoms with Crippen molar-refractivity contribution >= 4 is 28.2 Å². The number of thiazole rings is 1. The summed E-state index contributed by atoms with van der Waals surface area (Å²) in [5.74, 6) is 2.53. The Labute approximate surface area is 136 Å². The van der Waals surface area contributed by atoms with Crippen LogP contribution >= 0.6 is 23.1 Å². The molecule has 0 unspecified atom stereocenters. The van der Waals surface area contributed by atoms with Crippen molar-refractivity contribution in [2.75, 3.05) is 29.5 Å². The van der Waals surface area contributed by atoms with Gasteiger partial charge in [-0.1, -0.05) is 20.8 Å². The lowest BCUT2D eigenvalue weighted by Crippen LogP contribution is -2.25. The fraction of sp³-hybridized carbons (Fsp3) is 0.812. The molecule has 2 fully saturated rings. The van der Waals surface area contributed by atoms with Gasteiger partial charge in [-0.15, -0.1) is 11.3 Å². The molecule has 1 aromatic rings. The molecular weight excluding hydrogens is 298 g/mol. The van der Waals surface area contributed by atoms with E-state index in [1.807, 2.05) is 11.3 Å². The molecule has 0 radical (unpaired) electrons. The summed E-state index contributed by atoms with van der Waals surface area (Å²) < 4.78 is 0. The summed E-state index contributed by atoms with van der Waals surface area (Å²) in [6.07, 6.45) is 3.98. The van der Waals surface area contributed by atoms with E-state index in [0.717, 1.165) is 19.1 Å².